The zero-order valence-electron chi connectivity index (χ0n) is 13.2. The van der Waals surface area contributed by atoms with E-state index in [0.717, 1.165) is 58.3 Å². The fraction of sp³-hybridized carbons (Fsp3) is 1.00. The molecule has 3 fully saturated rings. The summed E-state index contributed by atoms with van der Waals surface area (Å²) in [5.41, 5.74) is 0. The van der Waals surface area contributed by atoms with Crippen molar-refractivity contribution in [2.45, 2.75) is 56.8 Å². The second-order valence-corrected chi connectivity index (χ2v) is 6.19. The zero-order chi connectivity index (χ0) is 15.0. The Kier molecular flexibility index (Phi) is 6.97. The van der Waals surface area contributed by atoms with Crippen molar-refractivity contribution < 1.29 is 28.2 Å². The third-order valence-electron chi connectivity index (χ3n) is 4.33. The van der Waals surface area contributed by atoms with Crippen LogP contribution in [0.25, 0.3) is 0 Å². The summed E-state index contributed by atoms with van der Waals surface area (Å²) >= 11 is 0. The highest BCUT2D eigenvalue weighted by Crippen LogP contribution is 2.16. The molecule has 3 saturated heterocycles. The molecule has 0 aromatic carbocycles. The van der Waals surface area contributed by atoms with Crippen LogP contribution in [0.3, 0.4) is 0 Å². The van der Waals surface area contributed by atoms with Crippen LogP contribution in [0.5, 0.6) is 0 Å². The van der Waals surface area contributed by atoms with E-state index in [4.69, 9.17) is 28.2 Å². The fourth-order valence-electron chi connectivity index (χ4n) is 3.03. The van der Waals surface area contributed by atoms with Gasteiger partial charge in [0.05, 0.1) is 38.1 Å². The predicted molar refractivity (Wildman–Crippen MR) is 80.5 cm³/mol. The maximum absolute atomic E-state index is 5.77. The quantitative estimate of drug-likeness (QED) is 0.602. The van der Waals surface area contributed by atoms with E-state index in [2.05, 4.69) is 0 Å². The molecule has 3 heterocycles. The molecule has 0 aromatic rings. The first-order valence-electron chi connectivity index (χ1n) is 8.60. The summed E-state index contributed by atoms with van der Waals surface area (Å²) in [5.74, 6) is 0. The van der Waals surface area contributed by atoms with Gasteiger partial charge in [-0.25, -0.2) is 0 Å². The number of ether oxygens (including phenoxy) is 3. The van der Waals surface area contributed by atoms with Gasteiger partial charge < -0.3 is 28.2 Å². The van der Waals surface area contributed by atoms with Crippen molar-refractivity contribution in [2.75, 3.05) is 39.6 Å². The van der Waals surface area contributed by atoms with Crippen molar-refractivity contribution in [1.82, 2.24) is 0 Å². The first-order valence-corrected chi connectivity index (χ1v) is 8.60. The Morgan fingerprint density at radius 2 is 1.00 bits per heavy atom. The zero-order valence-corrected chi connectivity index (χ0v) is 13.2. The van der Waals surface area contributed by atoms with Crippen LogP contribution >= 0.6 is 0 Å². The summed E-state index contributed by atoms with van der Waals surface area (Å²) in [7, 11) is -0.655. The lowest BCUT2D eigenvalue weighted by Gasteiger charge is -2.20. The van der Waals surface area contributed by atoms with Gasteiger partial charge in [0.25, 0.3) is 0 Å². The van der Waals surface area contributed by atoms with E-state index < -0.39 is 7.32 Å². The molecule has 3 aliphatic heterocycles. The summed E-state index contributed by atoms with van der Waals surface area (Å²) in [5, 5.41) is 0. The smallest absolute Gasteiger partial charge is 0.383 e. The van der Waals surface area contributed by atoms with Gasteiger partial charge in [0.2, 0.25) is 0 Å². The van der Waals surface area contributed by atoms with E-state index in [1.54, 1.807) is 0 Å². The van der Waals surface area contributed by atoms with Crippen LogP contribution in [0, 0.1) is 0 Å². The molecule has 3 aliphatic rings. The molecule has 7 heteroatoms. The van der Waals surface area contributed by atoms with Crippen molar-refractivity contribution in [3.63, 3.8) is 0 Å². The second-order valence-electron chi connectivity index (χ2n) is 6.19. The van der Waals surface area contributed by atoms with E-state index in [-0.39, 0.29) is 18.3 Å². The van der Waals surface area contributed by atoms with Crippen molar-refractivity contribution in [3.05, 3.63) is 0 Å². The van der Waals surface area contributed by atoms with Crippen LogP contribution in [0.4, 0.5) is 0 Å². The number of hydrogen-bond donors (Lipinski definition) is 0. The van der Waals surface area contributed by atoms with Crippen LogP contribution in [0.2, 0.25) is 0 Å². The van der Waals surface area contributed by atoms with Crippen LogP contribution in [0.1, 0.15) is 38.5 Å². The first kappa shape index (κ1) is 16.7. The summed E-state index contributed by atoms with van der Waals surface area (Å²) in [6, 6.07) is 0. The molecule has 0 aromatic heterocycles. The van der Waals surface area contributed by atoms with E-state index in [1.165, 1.54) is 0 Å². The molecule has 0 unspecified atom stereocenters. The monoisotopic (exact) mass is 314 g/mol. The minimum absolute atomic E-state index is 0.167. The van der Waals surface area contributed by atoms with Gasteiger partial charge >= 0.3 is 7.32 Å². The Bertz CT molecular complexity index is 253. The molecule has 0 N–H and O–H groups in total. The van der Waals surface area contributed by atoms with Gasteiger partial charge in [-0.3, -0.25) is 0 Å². The van der Waals surface area contributed by atoms with Crippen LogP contribution in [-0.4, -0.2) is 65.3 Å². The van der Waals surface area contributed by atoms with Crippen molar-refractivity contribution in [3.8, 4) is 0 Å². The third kappa shape index (κ3) is 5.47. The van der Waals surface area contributed by atoms with Crippen molar-refractivity contribution in [1.29, 1.82) is 0 Å². The lowest BCUT2D eigenvalue weighted by molar-refractivity contribution is -0.00987. The minimum atomic E-state index is -0.655. The highest BCUT2D eigenvalue weighted by Gasteiger charge is 2.29. The first-order chi connectivity index (χ1) is 10.9. The van der Waals surface area contributed by atoms with Crippen LogP contribution < -0.4 is 0 Å². The molecule has 3 atom stereocenters. The largest absolute Gasteiger partial charge is 0.639 e. The summed E-state index contributed by atoms with van der Waals surface area (Å²) in [6.07, 6.45) is 6.95. The van der Waals surface area contributed by atoms with Crippen LogP contribution in [0.15, 0.2) is 0 Å². The maximum atomic E-state index is 5.77. The number of hydrogen-bond acceptors (Lipinski definition) is 6. The summed E-state index contributed by atoms with van der Waals surface area (Å²) < 4.78 is 34.0. The highest BCUT2D eigenvalue weighted by atomic mass is 16.7. The molecule has 0 saturated carbocycles. The van der Waals surface area contributed by atoms with E-state index >= 15 is 0 Å². The van der Waals surface area contributed by atoms with E-state index in [0.29, 0.717) is 19.8 Å². The lowest BCUT2D eigenvalue weighted by atomic mass is 10.1. The lowest BCUT2D eigenvalue weighted by Crippen LogP contribution is -2.35. The van der Waals surface area contributed by atoms with Gasteiger partial charge in [-0.05, 0) is 38.5 Å². The average Bonchev–Trinajstić information content (AvgIpc) is 3.29. The molecule has 3 rings (SSSR count). The average molecular weight is 314 g/mol. The van der Waals surface area contributed by atoms with Gasteiger partial charge in [0.15, 0.2) is 0 Å². The molecule has 22 heavy (non-hydrogen) atoms. The van der Waals surface area contributed by atoms with Gasteiger partial charge in [0.1, 0.15) is 0 Å². The summed E-state index contributed by atoms with van der Waals surface area (Å²) in [4.78, 5) is 0. The van der Waals surface area contributed by atoms with E-state index in [1.807, 2.05) is 0 Å². The Balaban J connectivity index is 1.38. The SMILES string of the molecule is C1CO[C@H](COB(OC[C@@H]2CCCO2)OC[C@@H]2CCCO2)C1. The standard InChI is InChI=1S/C15H27BO6/c1-4-13(17-7-1)10-20-16(21-11-14-5-2-8-18-14)22-12-15-6-3-9-19-15/h13-15H,1-12H2/t13-,14-,15-/m0/s1. The van der Waals surface area contributed by atoms with Gasteiger partial charge in [-0.15, -0.1) is 0 Å². The molecule has 0 bridgehead atoms. The predicted octanol–water partition coefficient (Wildman–Crippen LogP) is 1.56. The highest BCUT2D eigenvalue weighted by molar-refractivity contribution is 6.36. The molecular formula is C15H27BO6. The number of rotatable bonds is 9. The molecular weight excluding hydrogens is 287 g/mol. The second kappa shape index (κ2) is 9.20. The van der Waals surface area contributed by atoms with Crippen molar-refractivity contribution >= 4 is 7.32 Å². The maximum Gasteiger partial charge on any atom is 0.639 e. The van der Waals surface area contributed by atoms with Gasteiger partial charge in [-0.2, -0.15) is 0 Å². The Morgan fingerprint density at radius 3 is 1.27 bits per heavy atom. The molecule has 6 nitrogen and oxygen atoms in total. The van der Waals surface area contributed by atoms with Gasteiger partial charge in [0, 0.05) is 19.8 Å². The normalized spacial score (nSPS) is 31.9. The van der Waals surface area contributed by atoms with Gasteiger partial charge in [-0.1, -0.05) is 0 Å². The molecule has 0 radical (unpaired) electrons. The van der Waals surface area contributed by atoms with E-state index in [9.17, 15) is 0 Å². The molecule has 126 valence electrons. The Hall–Kier alpha value is -0.175. The summed E-state index contributed by atoms with van der Waals surface area (Å²) in [6.45, 7) is 4.02. The molecule has 0 spiro atoms. The topological polar surface area (TPSA) is 55.4 Å². The van der Waals surface area contributed by atoms with Crippen LogP contribution in [-0.2, 0) is 28.2 Å². The molecule has 0 aliphatic carbocycles. The fourth-order valence-corrected chi connectivity index (χ4v) is 3.03. The Labute approximate surface area is 132 Å². The molecule has 0 amide bonds. The Morgan fingerprint density at radius 1 is 0.636 bits per heavy atom. The minimum Gasteiger partial charge on any atom is -0.383 e. The van der Waals surface area contributed by atoms with Crippen molar-refractivity contribution in [2.24, 2.45) is 0 Å². The third-order valence-corrected chi connectivity index (χ3v) is 4.33.